The first-order valence-electron chi connectivity index (χ1n) is 3.03. The molecular weight excluding hydrogens is 308 g/mol. The van der Waals surface area contributed by atoms with E-state index in [-0.39, 0.29) is 6.07 Å². The van der Waals surface area contributed by atoms with Gasteiger partial charge >= 0.3 is 0 Å². The zero-order valence-electron chi connectivity index (χ0n) is 6.19. The molecule has 0 saturated heterocycles. The largest absolute Gasteiger partial charge is 0.267 e. The number of hydrogen-bond acceptors (Lipinski definition) is 2. The summed E-state index contributed by atoms with van der Waals surface area (Å²) >= 11 is 2.42. The molecule has 0 amide bonds. The maximum Gasteiger partial charge on any atom is 0.267 e. The average molecular weight is 309 g/mol. The molecule has 0 N–H and O–H groups in total. The summed E-state index contributed by atoms with van der Waals surface area (Å²) in [4.78, 5) is -1.37. The van der Waals surface area contributed by atoms with E-state index < -0.39 is 35.9 Å². The van der Waals surface area contributed by atoms with Crippen molar-refractivity contribution in [2.75, 3.05) is 0 Å². The summed E-state index contributed by atoms with van der Waals surface area (Å²) in [6, 6.07) is 0.225. The molecule has 0 radical (unpaired) electrons. The third-order valence-electron chi connectivity index (χ3n) is 1.32. The molecule has 8 heteroatoms. The van der Waals surface area contributed by atoms with Crippen molar-refractivity contribution in [3.05, 3.63) is 28.0 Å². The van der Waals surface area contributed by atoms with Crippen molar-refractivity contribution in [3.63, 3.8) is 0 Å². The lowest BCUT2D eigenvalue weighted by molar-refractivity contribution is 0.493. The topological polar surface area (TPSA) is 34.1 Å². The maximum atomic E-state index is 13.0. The van der Waals surface area contributed by atoms with Crippen LogP contribution in [0.4, 0.5) is 13.2 Å². The maximum absolute atomic E-state index is 13.0. The van der Waals surface area contributed by atoms with Crippen LogP contribution in [0.1, 0.15) is 0 Å². The molecule has 0 aliphatic heterocycles. The minimum Gasteiger partial charge on any atom is -0.207 e. The highest BCUT2D eigenvalue weighted by Gasteiger charge is 2.26. The van der Waals surface area contributed by atoms with E-state index in [1.54, 1.807) is 0 Å². The Balaban J connectivity index is 3.70. The summed E-state index contributed by atoms with van der Waals surface area (Å²) in [7, 11) is 0.164. The Labute approximate surface area is 90.2 Å². The predicted octanol–water partition coefficient (Wildman–Crippen LogP) is 2.79. The van der Waals surface area contributed by atoms with Crippen molar-refractivity contribution in [3.8, 4) is 0 Å². The molecule has 0 atom stereocenters. The molecule has 0 heterocycles. The Morgan fingerprint density at radius 1 is 1.21 bits per heavy atom. The minimum absolute atomic E-state index is 0.225. The van der Waals surface area contributed by atoms with Gasteiger partial charge in [-0.1, -0.05) is 0 Å². The molecule has 0 aliphatic rings. The SMILES string of the molecule is O=S(=O)(Cl)c1c(F)cc(F)c(Br)c1F. The van der Waals surface area contributed by atoms with Crippen molar-refractivity contribution in [2.24, 2.45) is 0 Å². The lowest BCUT2D eigenvalue weighted by Gasteiger charge is -2.03. The monoisotopic (exact) mass is 308 g/mol. The molecule has 1 aromatic rings. The lowest BCUT2D eigenvalue weighted by atomic mass is 10.3. The normalized spacial score (nSPS) is 11.8. The highest BCUT2D eigenvalue weighted by atomic mass is 79.9. The summed E-state index contributed by atoms with van der Waals surface area (Å²) in [5, 5.41) is 0. The van der Waals surface area contributed by atoms with E-state index in [1.165, 1.54) is 0 Å². The van der Waals surface area contributed by atoms with Crippen LogP contribution in [0.5, 0.6) is 0 Å². The van der Waals surface area contributed by atoms with Crippen molar-refractivity contribution >= 4 is 35.7 Å². The van der Waals surface area contributed by atoms with E-state index in [9.17, 15) is 21.6 Å². The van der Waals surface area contributed by atoms with Crippen LogP contribution >= 0.6 is 26.6 Å². The van der Waals surface area contributed by atoms with Gasteiger partial charge in [-0.15, -0.1) is 0 Å². The lowest BCUT2D eigenvalue weighted by Crippen LogP contribution is -2.02. The first kappa shape index (κ1) is 11.8. The Morgan fingerprint density at radius 2 is 1.71 bits per heavy atom. The van der Waals surface area contributed by atoms with Gasteiger partial charge in [0.15, 0.2) is 10.7 Å². The fourth-order valence-electron chi connectivity index (χ4n) is 0.773. The number of benzene rings is 1. The molecule has 0 spiro atoms. The van der Waals surface area contributed by atoms with Gasteiger partial charge in [-0.2, -0.15) is 0 Å². The molecule has 0 aliphatic carbocycles. The Hall–Kier alpha value is -0.270. The van der Waals surface area contributed by atoms with Crippen LogP contribution in [0.2, 0.25) is 0 Å². The molecule has 0 saturated carbocycles. The zero-order valence-corrected chi connectivity index (χ0v) is 9.35. The van der Waals surface area contributed by atoms with Gasteiger partial charge in [-0.3, -0.25) is 0 Å². The molecule has 1 aromatic carbocycles. The molecule has 2 nitrogen and oxygen atoms in total. The Kier molecular flexibility index (Phi) is 3.13. The van der Waals surface area contributed by atoms with Crippen molar-refractivity contribution in [1.82, 2.24) is 0 Å². The number of hydrogen-bond donors (Lipinski definition) is 0. The summed E-state index contributed by atoms with van der Waals surface area (Å²) in [6.07, 6.45) is 0. The highest BCUT2D eigenvalue weighted by molar-refractivity contribution is 9.10. The van der Waals surface area contributed by atoms with Gasteiger partial charge in [0.05, 0.1) is 4.47 Å². The van der Waals surface area contributed by atoms with Crippen LogP contribution in [0, 0.1) is 17.5 Å². The van der Waals surface area contributed by atoms with E-state index in [4.69, 9.17) is 10.7 Å². The summed E-state index contributed by atoms with van der Waals surface area (Å²) < 4.78 is 59.1. The summed E-state index contributed by atoms with van der Waals surface area (Å²) in [5.74, 6) is -4.40. The van der Waals surface area contributed by atoms with Crippen LogP contribution in [-0.4, -0.2) is 8.42 Å². The van der Waals surface area contributed by atoms with Gasteiger partial charge in [0.2, 0.25) is 0 Å². The number of rotatable bonds is 1. The molecule has 0 aromatic heterocycles. The minimum atomic E-state index is -4.58. The van der Waals surface area contributed by atoms with Crippen LogP contribution in [0.15, 0.2) is 15.4 Å². The third kappa shape index (κ3) is 2.04. The summed E-state index contributed by atoms with van der Waals surface area (Å²) in [5.41, 5.74) is 0. The van der Waals surface area contributed by atoms with E-state index in [1.807, 2.05) is 0 Å². The van der Waals surface area contributed by atoms with Gasteiger partial charge in [0, 0.05) is 16.7 Å². The molecule has 0 bridgehead atoms. The van der Waals surface area contributed by atoms with E-state index in [2.05, 4.69) is 15.9 Å². The first-order valence-corrected chi connectivity index (χ1v) is 6.13. The fourth-order valence-corrected chi connectivity index (χ4v) is 2.25. The van der Waals surface area contributed by atoms with Crippen molar-refractivity contribution < 1.29 is 21.6 Å². The molecule has 1 rings (SSSR count). The van der Waals surface area contributed by atoms with Gasteiger partial charge in [0.25, 0.3) is 9.05 Å². The van der Waals surface area contributed by atoms with Gasteiger partial charge in [-0.25, -0.2) is 21.6 Å². The molecule has 78 valence electrons. The van der Waals surface area contributed by atoms with E-state index >= 15 is 0 Å². The third-order valence-corrected chi connectivity index (χ3v) is 3.37. The van der Waals surface area contributed by atoms with Crippen LogP contribution in [-0.2, 0) is 9.05 Å². The van der Waals surface area contributed by atoms with Crippen molar-refractivity contribution in [2.45, 2.75) is 4.90 Å². The van der Waals surface area contributed by atoms with Gasteiger partial charge < -0.3 is 0 Å². The van der Waals surface area contributed by atoms with E-state index in [0.717, 1.165) is 0 Å². The standard InChI is InChI=1S/C6HBrClF3O2S/c7-4-2(9)1-3(10)6(5(4)11)14(8,12)13/h1H. The Morgan fingerprint density at radius 3 is 2.14 bits per heavy atom. The van der Waals surface area contributed by atoms with Crippen LogP contribution in [0.3, 0.4) is 0 Å². The van der Waals surface area contributed by atoms with Crippen molar-refractivity contribution in [1.29, 1.82) is 0 Å². The average Bonchev–Trinajstić information content (AvgIpc) is 1.97. The van der Waals surface area contributed by atoms with Crippen LogP contribution < -0.4 is 0 Å². The number of halogens is 5. The second-order valence-electron chi connectivity index (χ2n) is 2.24. The second-order valence-corrected chi connectivity index (χ2v) is 5.53. The molecule has 14 heavy (non-hydrogen) atoms. The Bertz CT molecular complexity index is 488. The predicted molar refractivity (Wildman–Crippen MR) is 47.1 cm³/mol. The molecular formula is C6HBrClF3O2S. The van der Waals surface area contributed by atoms with Gasteiger partial charge in [0.1, 0.15) is 11.6 Å². The first-order chi connectivity index (χ1) is 6.25. The zero-order chi connectivity index (χ0) is 11.1. The fraction of sp³-hybridized carbons (Fsp3) is 0. The second kappa shape index (κ2) is 3.71. The van der Waals surface area contributed by atoms with Crippen LogP contribution in [0.25, 0.3) is 0 Å². The molecule has 0 fully saturated rings. The smallest absolute Gasteiger partial charge is 0.207 e. The molecule has 0 unspecified atom stereocenters. The highest BCUT2D eigenvalue weighted by Crippen LogP contribution is 2.30. The van der Waals surface area contributed by atoms with E-state index in [0.29, 0.717) is 0 Å². The summed E-state index contributed by atoms with van der Waals surface area (Å²) in [6.45, 7) is 0. The quantitative estimate of drug-likeness (QED) is 0.454. The van der Waals surface area contributed by atoms with Gasteiger partial charge in [-0.05, 0) is 15.9 Å².